The maximum absolute atomic E-state index is 11.7. The van der Waals surface area contributed by atoms with Crippen LogP contribution in [0.1, 0.15) is 23.2 Å². The fourth-order valence-electron chi connectivity index (χ4n) is 1.62. The Morgan fingerprint density at radius 1 is 1.53 bits per heavy atom. The molecule has 1 saturated heterocycles. The molecule has 1 aliphatic rings. The van der Waals surface area contributed by atoms with E-state index in [4.69, 9.17) is 9.84 Å². The van der Waals surface area contributed by atoms with E-state index in [9.17, 15) is 9.59 Å². The first kappa shape index (κ1) is 11.5. The summed E-state index contributed by atoms with van der Waals surface area (Å²) in [6, 6.07) is 2.68. The molecule has 0 radical (unpaired) electrons. The molecule has 2 rings (SSSR count). The summed E-state index contributed by atoms with van der Waals surface area (Å²) in [5.41, 5.74) is 0.0858. The van der Waals surface area contributed by atoms with Crippen molar-refractivity contribution in [3.8, 4) is 0 Å². The standard InChI is InChI=1S/C11H12N2O4/c14-10(8-2-1-5-17-8)13-9-6-7(11(15)16)3-4-12-9/h3-4,6,8H,1-2,5H2,(H,15,16)(H,12,13,14)/t8-/m0/s1. The van der Waals surface area contributed by atoms with Gasteiger partial charge in [0.2, 0.25) is 0 Å². The first-order valence-corrected chi connectivity index (χ1v) is 5.28. The van der Waals surface area contributed by atoms with Crippen LogP contribution < -0.4 is 5.32 Å². The van der Waals surface area contributed by atoms with Gasteiger partial charge in [0.15, 0.2) is 0 Å². The lowest BCUT2D eigenvalue weighted by Crippen LogP contribution is -2.27. The van der Waals surface area contributed by atoms with Gasteiger partial charge in [0.05, 0.1) is 5.56 Å². The van der Waals surface area contributed by atoms with Crippen LogP contribution in [-0.2, 0) is 9.53 Å². The maximum Gasteiger partial charge on any atom is 0.335 e. The SMILES string of the molecule is O=C(O)c1ccnc(NC(=O)[C@@H]2CCCO2)c1. The van der Waals surface area contributed by atoms with Crippen molar-refractivity contribution in [1.29, 1.82) is 0 Å². The van der Waals surface area contributed by atoms with Crippen molar-refractivity contribution in [2.45, 2.75) is 18.9 Å². The first-order valence-electron chi connectivity index (χ1n) is 5.28. The molecular formula is C11H12N2O4. The number of hydrogen-bond acceptors (Lipinski definition) is 4. The lowest BCUT2D eigenvalue weighted by Gasteiger charge is -2.09. The molecule has 2 heterocycles. The Kier molecular flexibility index (Phi) is 3.34. The predicted molar refractivity (Wildman–Crippen MR) is 58.8 cm³/mol. The zero-order valence-electron chi connectivity index (χ0n) is 9.05. The third-order valence-electron chi connectivity index (χ3n) is 2.48. The number of carboxylic acids is 1. The molecule has 0 spiro atoms. The molecule has 0 bridgehead atoms. The van der Waals surface area contributed by atoms with Gasteiger partial charge in [-0.3, -0.25) is 4.79 Å². The van der Waals surface area contributed by atoms with Crippen molar-refractivity contribution in [3.63, 3.8) is 0 Å². The molecule has 1 aromatic heterocycles. The molecule has 2 N–H and O–H groups in total. The Labute approximate surface area is 97.6 Å². The van der Waals surface area contributed by atoms with Crippen LogP contribution in [0.3, 0.4) is 0 Å². The average Bonchev–Trinajstić information content (AvgIpc) is 2.82. The zero-order chi connectivity index (χ0) is 12.3. The van der Waals surface area contributed by atoms with E-state index in [1.54, 1.807) is 0 Å². The minimum atomic E-state index is -1.06. The molecule has 1 aromatic rings. The minimum absolute atomic E-state index is 0.0858. The Hall–Kier alpha value is -1.95. The third-order valence-corrected chi connectivity index (χ3v) is 2.48. The second-order valence-electron chi connectivity index (χ2n) is 3.73. The number of rotatable bonds is 3. The van der Waals surface area contributed by atoms with Crippen molar-refractivity contribution < 1.29 is 19.4 Å². The fraction of sp³-hybridized carbons (Fsp3) is 0.364. The number of carboxylic acid groups (broad SMARTS) is 1. The van der Waals surface area contributed by atoms with E-state index in [1.165, 1.54) is 18.3 Å². The molecule has 1 aliphatic heterocycles. The van der Waals surface area contributed by atoms with Crippen molar-refractivity contribution >= 4 is 17.7 Å². The highest BCUT2D eigenvalue weighted by molar-refractivity contribution is 5.95. The lowest BCUT2D eigenvalue weighted by atomic mass is 10.2. The van der Waals surface area contributed by atoms with Crippen molar-refractivity contribution in [2.24, 2.45) is 0 Å². The molecule has 0 aromatic carbocycles. The second-order valence-corrected chi connectivity index (χ2v) is 3.73. The number of nitrogens with one attached hydrogen (secondary N) is 1. The van der Waals surface area contributed by atoms with Gasteiger partial charge >= 0.3 is 5.97 Å². The fourth-order valence-corrected chi connectivity index (χ4v) is 1.62. The van der Waals surface area contributed by atoms with E-state index in [1.807, 2.05) is 0 Å². The highest BCUT2D eigenvalue weighted by Crippen LogP contribution is 2.14. The average molecular weight is 236 g/mol. The van der Waals surface area contributed by atoms with Crippen molar-refractivity contribution in [3.05, 3.63) is 23.9 Å². The molecule has 17 heavy (non-hydrogen) atoms. The summed E-state index contributed by atoms with van der Waals surface area (Å²) in [5, 5.41) is 11.3. The number of carbonyl (C=O) groups is 2. The van der Waals surface area contributed by atoms with Gasteiger partial charge in [-0.1, -0.05) is 0 Å². The van der Waals surface area contributed by atoms with Crippen LogP contribution in [0, 0.1) is 0 Å². The summed E-state index contributed by atoms with van der Waals surface area (Å²) in [6.07, 6.45) is 2.44. The molecule has 90 valence electrons. The summed E-state index contributed by atoms with van der Waals surface area (Å²) in [7, 11) is 0. The Morgan fingerprint density at radius 3 is 3.00 bits per heavy atom. The number of amides is 1. The van der Waals surface area contributed by atoms with Gasteiger partial charge in [-0.15, -0.1) is 0 Å². The van der Waals surface area contributed by atoms with Gasteiger partial charge in [0, 0.05) is 12.8 Å². The van der Waals surface area contributed by atoms with E-state index in [0.29, 0.717) is 13.0 Å². The topological polar surface area (TPSA) is 88.5 Å². The minimum Gasteiger partial charge on any atom is -0.478 e. The molecular weight excluding hydrogens is 224 g/mol. The summed E-state index contributed by atoms with van der Waals surface area (Å²) >= 11 is 0. The number of hydrogen-bond donors (Lipinski definition) is 2. The van der Waals surface area contributed by atoms with Gasteiger partial charge < -0.3 is 15.2 Å². The van der Waals surface area contributed by atoms with E-state index in [-0.39, 0.29) is 17.3 Å². The number of carbonyl (C=O) groups excluding carboxylic acids is 1. The van der Waals surface area contributed by atoms with Gasteiger partial charge in [-0.05, 0) is 25.0 Å². The normalized spacial score (nSPS) is 18.9. The summed E-state index contributed by atoms with van der Waals surface area (Å²) in [4.78, 5) is 26.3. The van der Waals surface area contributed by atoms with Gasteiger partial charge in [0.1, 0.15) is 11.9 Å². The molecule has 0 aliphatic carbocycles. The summed E-state index contributed by atoms with van der Waals surface area (Å²) in [6.45, 7) is 0.584. The number of nitrogens with zero attached hydrogens (tertiary/aromatic N) is 1. The van der Waals surface area contributed by atoms with Crippen LogP contribution in [0.15, 0.2) is 18.3 Å². The van der Waals surface area contributed by atoms with Crippen LogP contribution in [0.4, 0.5) is 5.82 Å². The molecule has 1 fully saturated rings. The molecule has 1 atom stereocenters. The lowest BCUT2D eigenvalue weighted by molar-refractivity contribution is -0.124. The molecule has 0 unspecified atom stereocenters. The Morgan fingerprint density at radius 2 is 2.35 bits per heavy atom. The number of aromatic carboxylic acids is 1. The van der Waals surface area contributed by atoms with Crippen LogP contribution in [0.5, 0.6) is 0 Å². The second kappa shape index (κ2) is 4.92. The summed E-state index contributed by atoms with van der Waals surface area (Å²) in [5.74, 6) is -1.11. The number of ether oxygens (including phenoxy) is 1. The van der Waals surface area contributed by atoms with Gasteiger partial charge in [0.25, 0.3) is 5.91 Å². The Balaban J connectivity index is 2.05. The van der Waals surface area contributed by atoms with E-state index >= 15 is 0 Å². The van der Waals surface area contributed by atoms with E-state index < -0.39 is 12.1 Å². The van der Waals surface area contributed by atoms with Crippen molar-refractivity contribution in [1.82, 2.24) is 4.98 Å². The molecule has 1 amide bonds. The Bertz CT molecular complexity index is 441. The monoisotopic (exact) mass is 236 g/mol. The first-order chi connectivity index (χ1) is 8.16. The quantitative estimate of drug-likeness (QED) is 0.813. The maximum atomic E-state index is 11.7. The highest BCUT2D eigenvalue weighted by atomic mass is 16.5. The molecule has 0 saturated carbocycles. The van der Waals surface area contributed by atoms with Gasteiger partial charge in [-0.25, -0.2) is 9.78 Å². The predicted octanol–water partition coefficient (Wildman–Crippen LogP) is 0.897. The van der Waals surface area contributed by atoms with Crippen molar-refractivity contribution in [2.75, 3.05) is 11.9 Å². The largest absolute Gasteiger partial charge is 0.478 e. The van der Waals surface area contributed by atoms with E-state index in [0.717, 1.165) is 6.42 Å². The third kappa shape index (κ3) is 2.79. The molecule has 6 nitrogen and oxygen atoms in total. The van der Waals surface area contributed by atoms with Crippen LogP contribution in [0.2, 0.25) is 0 Å². The number of pyridine rings is 1. The van der Waals surface area contributed by atoms with Crippen LogP contribution in [-0.4, -0.2) is 34.7 Å². The molecule has 6 heteroatoms. The van der Waals surface area contributed by atoms with Gasteiger partial charge in [-0.2, -0.15) is 0 Å². The zero-order valence-corrected chi connectivity index (χ0v) is 9.05. The highest BCUT2D eigenvalue weighted by Gasteiger charge is 2.23. The van der Waals surface area contributed by atoms with Crippen LogP contribution in [0.25, 0.3) is 0 Å². The number of aromatic nitrogens is 1. The number of anilines is 1. The smallest absolute Gasteiger partial charge is 0.335 e. The summed E-state index contributed by atoms with van der Waals surface area (Å²) < 4.78 is 5.21. The van der Waals surface area contributed by atoms with Crippen LogP contribution >= 0.6 is 0 Å². The van der Waals surface area contributed by atoms with E-state index in [2.05, 4.69) is 10.3 Å².